The number of nitriles is 2. The van der Waals surface area contributed by atoms with Gasteiger partial charge in [-0.05, 0) is 6.07 Å². The molecule has 1 aromatic carbocycles. The third kappa shape index (κ3) is 2.12. The molecule has 14 heavy (non-hydrogen) atoms. The van der Waals surface area contributed by atoms with Crippen LogP contribution in [0.15, 0.2) is 30.8 Å². The summed E-state index contributed by atoms with van der Waals surface area (Å²) >= 11 is 0. The van der Waals surface area contributed by atoms with E-state index >= 15 is 0 Å². The largest absolute Gasteiger partial charge is 0.461 e. The summed E-state index contributed by atoms with van der Waals surface area (Å²) in [4.78, 5) is 0. The zero-order valence-corrected chi connectivity index (χ0v) is 7.47. The van der Waals surface area contributed by atoms with Gasteiger partial charge in [0.2, 0.25) is 0 Å². The molecule has 0 unspecified atom stereocenters. The van der Waals surface area contributed by atoms with Crippen LogP contribution in [0.1, 0.15) is 5.56 Å². The van der Waals surface area contributed by atoms with Gasteiger partial charge in [-0.2, -0.15) is 10.5 Å². The summed E-state index contributed by atoms with van der Waals surface area (Å²) in [5.41, 5.74) is 0.767. The minimum atomic E-state index is -1.07. The Morgan fingerprint density at radius 2 is 1.93 bits per heavy atom. The summed E-state index contributed by atoms with van der Waals surface area (Å²) in [6.45, 7) is 3.60. The van der Waals surface area contributed by atoms with Gasteiger partial charge in [0.05, 0.1) is 0 Å². The predicted octanol–water partition coefficient (Wildman–Crippen LogP) is 2.12. The van der Waals surface area contributed by atoms with Crippen molar-refractivity contribution in [1.29, 1.82) is 10.5 Å². The van der Waals surface area contributed by atoms with Crippen LogP contribution in [0.2, 0.25) is 0 Å². The van der Waals surface area contributed by atoms with Crippen LogP contribution >= 0.6 is 0 Å². The average Bonchev–Trinajstić information content (AvgIpc) is 2.26. The summed E-state index contributed by atoms with van der Waals surface area (Å²) < 4.78 is 5.14. The van der Waals surface area contributed by atoms with Crippen molar-refractivity contribution in [3.8, 4) is 17.9 Å². The summed E-state index contributed by atoms with van der Waals surface area (Å²) in [7, 11) is 0. The second-order valence-corrected chi connectivity index (χ2v) is 2.50. The minimum Gasteiger partial charge on any atom is -0.461 e. The van der Waals surface area contributed by atoms with E-state index in [4.69, 9.17) is 15.3 Å². The predicted molar refractivity (Wildman–Crippen MR) is 52.2 cm³/mol. The topological polar surface area (TPSA) is 56.8 Å². The zero-order valence-electron chi connectivity index (χ0n) is 7.47. The van der Waals surface area contributed by atoms with Crippen LogP contribution in [0.25, 0.3) is 6.08 Å². The third-order valence-corrected chi connectivity index (χ3v) is 1.62. The minimum absolute atomic E-state index is 0.496. The van der Waals surface area contributed by atoms with Gasteiger partial charge in [-0.3, -0.25) is 0 Å². The van der Waals surface area contributed by atoms with E-state index in [0.717, 1.165) is 5.56 Å². The fourth-order valence-corrected chi connectivity index (χ4v) is 0.965. The molecule has 0 atom stereocenters. The quantitative estimate of drug-likeness (QED) is 0.722. The van der Waals surface area contributed by atoms with Gasteiger partial charge in [-0.25, -0.2) is 0 Å². The van der Waals surface area contributed by atoms with E-state index in [0.29, 0.717) is 5.75 Å². The Hall–Kier alpha value is -2.26. The highest BCUT2D eigenvalue weighted by molar-refractivity contribution is 5.55. The Morgan fingerprint density at radius 1 is 1.29 bits per heavy atom. The Balaban J connectivity index is 2.92. The van der Waals surface area contributed by atoms with Crippen LogP contribution in [0.5, 0.6) is 5.75 Å². The van der Waals surface area contributed by atoms with Crippen LogP contribution in [-0.4, -0.2) is 6.10 Å². The highest BCUT2D eigenvalue weighted by Crippen LogP contribution is 2.19. The molecule has 0 aliphatic heterocycles. The maximum absolute atomic E-state index is 8.53. The maximum atomic E-state index is 8.53. The molecule has 0 bridgehead atoms. The van der Waals surface area contributed by atoms with Gasteiger partial charge in [0.15, 0.2) is 0 Å². The highest BCUT2D eigenvalue weighted by Gasteiger charge is 2.08. The lowest BCUT2D eigenvalue weighted by molar-refractivity contribution is 0.308. The molecule has 3 heteroatoms. The van der Waals surface area contributed by atoms with Gasteiger partial charge < -0.3 is 4.74 Å². The molecule has 0 heterocycles. The first-order valence-corrected chi connectivity index (χ1v) is 3.99. The van der Waals surface area contributed by atoms with Crippen LogP contribution < -0.4 is 4.74 Å². The van der Waals surface area contributed by atoms with Gasteiger partial charge in [-0.1, -0.05) is 30.9 Å². The molecule has 0 radical (unpaired) electrons. The van der Waals surface area contributed by atoms with Crippen molar-refractivity contribution in [2.45, 2.75) is 6.10 Å². The van der Waals surface area contributed by atoms with Crippen molar-refractivity contribution in [1.82, 2.24) is 0 Å². The van der Waals surface area contributed by atoms with E-state index in [9.17, 15) is 0 Å². The van der Waals surface area contributed by atoms with Gasteiger partial charge in [0.1, 0.15) is 17.9 Å². The molecule has 68 valence electrons. The van der Waals surface area contributed by atoms with Gasteiger partial charge in [-0.15, -0.1) is 0 Å². The lowest BCUT2D eigenvalue weighted by atomic mass is 10.2. The molecular formula is C11H8N2O. The van der Waals surface area contributed by atoms with Gasteiger partial charge >= 0.3 is 0 Å². The fraction of sp³-hybridized carbons (Fsp3) is 0.0909. The molecule has 0 aromatic heterocycles. The molecule has 1 aromatic rings. The molecule has 0 N–H and O–H groups in total. The summed E-state index contributed by atoms with van der Waals surface area (Å²) in [6.07, 6.45) is 0.539. The molecule has 0 saturated heterocycles. The summed E-state index contributed by atoms with van der Waals surface area (Å²) in [5, 5.41) is 17.1. The zero-order chi connectivity index (χ0) is 10.4. The molecule has 0 fully saturated rings. The first-order valence-electron chi connectivity index (χ1n) is 3.99. The molecule has 0 saturated carbocycles. The molecule has 0 aliphatic carbocycles. The molecule has 0 spiro atoms. The summed E-state index contributed by atoms with van der Waals surface area (Å²) in [5.74, 6) is 0.496. The first kappa shape index (κ1) is 9.83. The lowest BCUT2D eigenvalue weighted by Gasteiger charge is -2.07. The molecule has 3 nitrogen and oxygen atoms in total. The second kappa shape index (κ2) is 4.69. The Labute approximate surface area is 82.5 Å². The first-order chi connectivity index (χ1) is 6.81. The van der Waals surface area contributed by atoms with Crippen LogP contribution in [0.4, 0.5) is 0 Å². The van der Waals surface area contributed by atoms with Crippen molar-refractivity contribution >= 4 is 6.08 Å². The van der Waals surface area contributed by atoms with Crippen LogP contribution in [0, 0.1) is 22.7 Å². The monoisotopic (exact) mass is 184 g/mol. The van der Waals surface area contributed by atoms with Gasteiger partial charge in [0.25, 0.3) is 6.10 Å². The smallest absolute Gasteiger partial charge is 0.270 e. The van der Waals surface area contributed by atoms with Crippen molar-refractivity contribution in [3.63, 3.8) is 0 Å². The second-order valence-electron chi connectivity index (χ2n) is 2.50. The van der Waals surface area contributed by atoms with E-state index in [-0.39, 0.29) is 0 Å². The molecule has 0 aliphatic rings. The van der Waals surface area contributed by atoms with Crippen molar-refractivity contribution in [3.05, 3.63) is 36.4 Å². The van der Waals surface area contributed by atoms with E-state index in [1.165, 1.54) is 0 Å². The number of rotatable bonds is 3. The molecule has 1 rings (SSSR count). The van der Waals surface area contributed by atoms with E-state index in [1.807, 2.05) is 6.07 Å². The van der Waals surface area contributed by atoms with E-state index in [1.54, 1.807) is 36.4 Å². The number of nitrogens with zero attached hydrogens (tertiary/aromatic N) is 2. The van der Waals surface area contributed by atoms with Crippen molar-refractivity contribution in [2.24, 2.45) is 0 Å². The number of benzene rings is 1. The fourth-order valence-electron chi connectivity index (χ4n) is 0.965. The van der Waals surface area contributed by atoms with Crippen LogP contribution in [0.3, 0.4) is 0 Å². The number of hydrogen-bond donors (Lipinski definition) is 0. The van der Waals surface area contributed by atoms with Crippen molar-refractivity contribution < 1.29 is 4.74 Å². The summed E-state index contributed by atoms with van der Waals surface area (Å²) in [6, 6.07) is 10.6. The number of hydrogen-bond acceptors (Lipinski definition) is 3. The van der Waals surface area contributed by atoms with Crippen LogP contribution in [-0.2, 0) is 0 Å². The van der Waals surface area contributed by atoms with Crippen molar-refractivity contribution in [2.75, 3.05) is 0 Å². The Morgan fingerprint density at radius 3 is 2.50 bits per heavy atom. The standard InChI is InChI=1S/C11H8N2O/c1-2-9-5-3-4-6-11(9)14-10(7-12)8-13/h2-6,10H,1H2. The Bertz CT molecular complexity index is 398. The third-order valence-electron chi connectivity index (χ3n) is 1.62. The average molecular weight is 184 g/mol. The highest BCUT2D eigenvalue weighted by atomic mass is 16.5. The lowest BCUT2D eigenvalue weighted by Crippen LogP contribution is -2.11. The molecular weight excluding hydrogens is 176 g/mol. The van der Waals surface area contributed by atoms with E-state index in [2.05, 4.69) is 6.58 Å². The normalized spacial score (nSPS) is 8.79. The molecule has 0 amide bonds. The SMILES string of the molecule is C=Cc1ccccc1OC(C#N)C#N. The maximum Gasteiger partial charge on any atom is 0.270 e. The Kier molecular flexibility index (Phi) is 3.29. The number of para-hydroxylation sites is 1. The number of ether oxygens (including phenoxy) is 1. The van der Waals surface area contributed by atoms with Gasteiger partial charge in [0, 0.05) is 5.56 Å². The van der Waals surface area contributed by atoms with E-state index < -0.39 is 6.10 Å².